The second-order valence-corrected chi connectivity index (χ2v) is 4.05. The molecule has 4 heteroatoms. The Balaban J connectivity index is 2.52. The molecule has 1 amide bonds. The molecule has 4 nitrogen and oxygen atoms in total. The van der Waals surface area contributed by atoms with Gasteiger partial charge in [0.15, 0.2) is 6.29 Å². The van der Waals surface area contributed by atoms with Crippen LogP contribution in [0.3, 0.4) is 0 Å². The summed E-state index contributed by atoms with van der Waals surface area (Å²) in [4.78, 5) is 24.8. The number of nitrogens with zero attached hydrogens (tertiary/aromatic N) is 1. The predicted octanol–water partition coefficient (Wildman–Crippen LogP) is 3.79. The molecule has 0 aliphatic carbocycles. The second-order valence-electron chi connectivity index (χ2n) is 4.05. The molecule has 0 radical (unpaired) electrons. The molecule has 0 N–H and O–H groups in total. The number of amides is 1. The molecule has 2 aromatic carbocycles. The molecule has 102 valence electrons. The van der Waals surface area contributed by atoms with Crippen LogP contribution in [0.5, 0.6) is 0 Å². The third-order valence-electron chi connectivity index (χ3n) is 2.77. The molecule has 2 rings (SSSR count). The molecule has 0 fully saturated rings. The summed E-state index contributed by atoms with van der Waals surface area (Å²) in [6.07, 6.45) is 0.220. The van der Waals surface area contributed by atoms with E-state index in [2.05, 4.69) is 0 Å². The Morgan fingerprint density at radius 2 is 1.75 bits per heavy atom. The Bertz CT molecular complexity index is 596. The van der Waals surface area contributed by atoms with Crippen molar-refractivity contribution >= 4 is 23.8 Å². The van der Waals surface area contributed by atoms with Gasteiger partial charge in [-0.3, -0.25) is 4.79 Å². The van der Waals surface area contributed by atoms with Gasteiger partial charge in [-0.2, -0.15) is 0 Å². The summed E-state index contributed by atoms with van der Waals surface area (Å²) in [7, 11) is 0. The fraction of sp³-hybridized carbons (Fsp3) is 0.125. The van der Waals surface area contributed by atoms with Crippen LogP contribution >= 0.6 is 0 Å². The zero-order chi connectivity index (χ0) is 14.4. The van der Waals surface area contributed by atoms with Crippen molar-refractivity contribution in [3.8, 4) is 0 Å². The van der Waals surface area contributed by atoms with E-state index < -0.39 is 6.09 Å². The van der Waals surface area contributed by atoms with Crippen LogP contribution in [-0.4, -0.2) is 19.0 Å². The van der Waals surface area contributed by atoms with Gasteiger partial charge in [-0.1, -0.05) is 30.3 Å². The van der Waals surface area contributed by atoms with Gasteiger partial charge in [0, 0.05) is 5.56 Å². The number of ether oxygens (including phenoxy) is 1. The van der Waals surface area contributed by atoms with Crippen LogP contribution in [0, 0.1) is 0 Å². The fourth-order valence-electron chi connectivity index (χ4n) is 1.90. The van der Waals surface area contributed by atoms with Gasteiger partial charge in [0.1, 0.15) is 0 Å². The molecule has 0 aliphatic rings. The average molecular weight is 269 g/mol. The molecule has 0 spiro atoms. The van der Waals surface area contributed by atoms with Crippen LogP contribution in [0.25, 0.3) is 0 Å². The average Bonchev–Trinajstić information content (AvgIpc) is 2.49. The largest absolute Gasteiger partial charge is 0.449 e. The number of carbonyl (C=O) groups is 2. The van der Waals surface area contributed by atoms with Crippen molar-refractivity contribution in [1.29, 1.82) is 0 Å². The number of aldehydes is 1. The van der Waals surface area contributed by atoms with E-state index in [0.717, 1.165) is 6.29 Å². The molecule has 0 unspecified atom stereocenters. The molecule has 0 atom stereocenters. The maximum atomic E-state index is 12.2. The number of carbonyl (C=O) groups excluding carboxylic acids is 2. The molecule has 0 heterocycles. The monoisotopic (exact) mass is 269 g/mol. The number of hydrogen-bond donors (Lipinski definition) is 0. The molecule has 0 bridgehead atoms. The Morgan fingerprint density at radius 3 is 2.40 bits per heavy atom. The molecule has 20 heavy (non-hydrogen) atoms. The van der Waals surface area contributed by atoms with Crippen molar-refractivity contribution in [2.45, 2.75) is 6.92 Å². The number of hydrogen-bond acceptors (Lipinski definition) is 3. The Morgan fingerprint density at radius 1 is 1.10 bits per heavy atom. The zero-order valence-corrected chi connectivity index (χ0v) is 11.2. The van der Waals surface area contributed by atoms with E-state index in [4.69, 9.17) is 4.74 Å². The molecular formula is C16H15NO3. The standard InChI is InChI=1S/C16H15NO3/c1-2-20-16(19)17(14-9-4-3-5-10-14)15-11-7-6-8-13(15)12-18/h3-12H,2H2,1H3. The van der Waals surface area contributed by atoms with Crippen LogP contribution in [-0.2, 0) is 4.74 Å². The van der Waals surface area contributed by atoms with Crippen LogP contribution in [0.2, 0.25) is 0 Å². The summed E-state index contributed by atoms with van der Waals surface area (Å²) in [5.74, 6) is 0. The van der Waals surface area contributed by atoms with Crippen LogP contribution in [0.4, 0.5) is 16.2 Å². The van der Waals surface area contributed by atoms with E-state index in [1.54, 1.807) is 43.3 Å². The fourth-order valence-corrected chi connectivity index (χ4v) is 1.90. The maximum absolute atomic E-state index is 12.2. The minimum absolute atomic E-state index is 0.269. The van der Waals surface area contributed by atoms with Gasteiger partial charge in [0.05, 0.1) is 18.0 Å². The lowest BCUT2D eigenvalue weighted by atomic mass is 10.1. The minimum atomic E-state index is -0.506. The predicted molar refractivity (Wildman–Crippen MR) is 77.4 cm³/mol. The van der Waals surface area contributed by atoms with Crippen LogP contribution in [0.15, 0.2) is 54.6 Å². The van der Waals surface area contributed by atoms with E-state index in [0.29, 0.717) is 16.9 Å². The van der Waals surface area contributed by atoms with Crippen molar-refractivity contribution in [2.75, 3.05) is 11.5 Å². The van der Waals surface area contributed by atoms with Gasteiger partial charge in [-0.15, -0.1) is 0 Å². The third kappa shape index (κ3) is 2.85. The number of rotatable bonds is 4. The molecule has 0 saturated carbocycles. The second kappa shape index (κ2) is 6.52. The van der Waals surface area contributed by atoms with Gasteiger partial charge in [-0.25, -0.2) is 9.69 Å². The van der Waals surface area contributed by atoms with E-state index >= 15 is 0 Å². The van der Waals surface area contributed by atoms with Gasteiger partial charge in [-0.05, 0) is 31.2 Å². The Labute approximate surface area is 117 Å². The normalized spacial score (nSPS) is 9.85. The summed E-state index contributed by atoms with van der Waals surface area (Å²) in [5, 5.41) is 0. The smallest absolute Gasteiger partial charge is 0.418 e. The van der Waals surface area contributed by atoms with Gasteiger partial charge in [0.25, 0.3) is 0 Å². The molecule has 0 saturated heterocycles. The van der Waals surface area contributed by atoms with Crippen molar-refractivity contribution in [2.24, 2.45) is 0 Å². The first kappa shape index (κ1) is 13.8. The lowest BCUT2D eigenvalue weighted by Gasteiger charge is -2.23. The maximum Gasteiger partial charge on any atom is 0.418 e. The highest BCUT2D eigenvalue weighted by molar-refractivity contribution is 6.00. The highest BCUT2D eigenvalue weighted by Gasteiger charge is 2.21. The van der Waals surface area contributed by atoms with E-state index in [-0.39, 0.29) is 6.61 Å². The third-order valence-corrected chi connectivity index (χ3v) is 2.77. The van der Waals surface area contributed by atoms with Crippen molar-refractivity contribution in [3.63, 3.8) is 0 Å². The first-order valence-electron chi connectivity index (χ1n) is 6.34. The summed E-state index contributed by atoms with van der Waals surface area (Å²) in [6.45, 7) is 2.01. The molecule has 2 aromatic rings. The summed E-state index contributed by atoms with van der Waals surface area (Å²) in [5.41, 5.74) is 1.59. The zero-order valence-electron chi connectivity index (χ0n) is 11.2. The summed E-state index contributed by atoms with van der Waals surface area (Å²) in [6, 6.07) is 16.0. The number of para-hydroxylation sites is 2. The molecule has 0 aromatic heterocycles. The van der Waals surface area contributed by atoms with Gasteiger partial charge < -0.3 is 4.74 Å². The Hall–Kier alpha value is -2.62. The van der Waals surface area contributed by atoms with Gasteiger partial charge >= 0.3 is 6.09 Å². The SMILES string of the molecule is CCOC(=O)N(c1ccccc1)c1ccccc1C=O. The van der Waals surface area contributed by atoms with Crippen molar-refractivity contribution < 1.29 is 14.3 Å². The highest BCUT2D eigenvalue weighted by Crippen LogP contribution is 2.28. The van der Waals surface area contributed by atoms with E-state index in [1.165, 1.54) is 4.90 Å². The topological polar surface area (TPSA) is 46.6 Å². The lowest BCUT2D eigenvalue weighted by molar-refractivity contribution is 0.112. The van der Waals surface area contributed by atoms with Crippen LogP contribution < -0.4 is 4.90 Å². The first-order chi connectivity index (χ1) is 9.77. The van der Waals surface area contributed by atoms with Crippen LogP contribution in [0.1, 0.15) is 17.3 Å². The number of benzene rings is 2. The van der Waals surface area contributed by atoms with E-state index in [9.17, 15) is 9.59 Å². The molecular weight excluding hydrogens is 254 g/mol. The lowest BCUT2D eigenvalue weighted by Crippen LogP contribution is -2.27. The van der Waals surface area contributed by atoms with Crippen molar-refractivity contribution in [1.82, 2.24) is 0 Å². The quantitative estimate of drug-likeness (QED) is 0.793. The first-order valence-corrected chi connectivity index (χ1v) is 6.34. The van der Waals surface area contributed by atoms with E-state index in [1.807, 2.05) is 18.2 Å². The van der Waals surface area contributed by atoms with Crippen molar-refractivity contribution in [3.05, 3.63) is 60.2 Å². The highest BCUT2D eigenvalue weighted by atomic mass is 16.6. The molecule has 0 aliphatic heterocycles. The Kier molecular flexibility index (Phi) is 4.50. The minimum Gasteiger partial charge on any atom is -0.449 e. The summed E-state index contributed by atoms with van der Waals surface area (Å²) < 4.78 is 5.08. The van der Waals surface area contributed by atoms with Gasteiger partial charge in [0.2, 0.25) is 0 Å². The summed E-state index contributed by atoms with van der Waals surface area (Å²) >= 11 is 0. The number of anilines is 2.